The number of aromatic nitrogens is 2. The van der Waals surface area contributed by atoms with Crippen molar-refractivity contribution in [1.29, 1.82) is 0 Å². The van der Waals surface area contributed by atoms with Gasteiger partial charge in [0.05, 0.1) is 6.20 Å². The zero-order chi connectivity index (χ0) is 15.1. The topological polar surface area (TPSA) is 99.2 Å². The van der Waals surface area contributed by atoms with E-state index in [1.165, 1.54) is 12.3 Å². The molecule has 1 rings (SSSR count). The Labute approximate surface area is 118 Å². The molecule has 3 N–H and O–H groups in total. The van der Waals surface area contributed by atoms with Crippen LogP contribution >= 0.6 is 0 Å². The van der Waals surface area contributed by atoms with Crippen LogP contribution in [-0.2, 0) is 11.3 Å². The minimum atomic E-state index is -0.383. The average molecular weight is 282 g/mol. The molecule has 0 saturated carbocycles. The highest BCUT2D eigenvalue weighted by molar-refractivity contribution is 5.75. The Bertz CT molecular complexity index is 499. The monoisotopic (exact) mass is 282 g/mol. The summed E-state index contributed by atoms with van der Waals surface area (Å²) in [5, 5.41) is 6.68. The number of rotatable bonds is 7. The fourth-order valence-corrected chi connectivity index (χ4v) is 1.40. The first kappa shape index (κ1) is 16.2. The van der Waals surface area contributed by atoms with Gasteiger partial charge in [-0.15, -0.1) is 0 Å². The SMILES string of the molecule is CCC(C)NC(=O)Cn1ncc(OCC(C)N)cc1=O. The molecule has 1 amide bonds. The predicted octanol–water partition coefficient (Wildman–Crippen LogP) is -0.116. The Hall–Kier alpha value is -1.89. The second-order valence-corrected chi connectivity index (χ2v) is 4.85. The molecule has 0 aliphatic rings. The van der Waals surface area contributed by atoms with E-state index in [2.05, 4.69) is 10.4 Å². The second-order valence-electron chi connectivity index (χ2n) is 4.85. The quantitative estimate of drug-likeness (QED) is 0.726. The molecule has 0 bridgehead atoms. The van der Waals surface area contributed by atoms with Crippen molar-refractivity contribution >= 4 is 5.91 Å². The molecule has 2 unspecified atom stereocenters. The molecule has 0 spiro atoms. The molecule has 112 valence electrons. The van der Waals surface area contributed by atoms with E-state index < -0.39 is 0 Å². The highest BCUT2D eigenvalue weighted by atomic mass is 16.5. The van der Waals surface area contributed by atoms with Gasteiger partial charge in [0.1, 0.15) is 18.9 Å². The van der Waals surface area contributed by atoms with Crippen molar-refractivity contribution in [3.63, 3.8) is 0 Å². The van der Waals surface area contributed by atoms with Crippen LogP contribution in [0.25, 0.3) is 0 Å². The number of nitrogens with one attached hydrogen (secondary N) is 1. The van der Waals surface area contributed by atoms with Gasteiger partial charge in [-0.1, -0.05) is 6.92 Å². The van der Waals surface area contributed by atoms with Crippen molar-refractivity contribution in [2.24, 2.45) is 5.73 Å². The number of carbonyl (C=O) groups is 1. The van der Waals surface area contributed by atoms with Crippen LogP contribution in [0.3, 0.4) is 0 Å². The lowest BCUT2D eigenvalue weighted by molar-refractivity contribution is -0.122. The van der Waals surface area contributed by atoms with Crippen LogP contribution in [0, 0.1) is 0 Å². The largest absolute Gasteiger partial charge is 0.490 e. The Morgan fingerprint density at radius 2 is 2.25 bits per heavy atom. The molecule has 0 aromatic carbocycles. The molecule has 7 nitrogen and oxygen atoms in total. The van der Waals surface area contributed by atoms with Crippen LogP contribution in [0.15, 0.2) is 17.1 Å². The third-order valence-corrected chi connectivity index (χ3v) is 2.67. The van der Waals surface area contributed by atoms with Gasteiger partial charge >= 0.3 is 0 Å². The normalized spacial score (nSPS) is 13.6. The van der Waals surface area contributed by atoms with Gasteiger partial charge in [0.2, 0.25) is 5.91 Å². The zero-order valence-corrected chi connectivity index (χ0v) is 12.1. The molecule has 2 atom stereocenters. The van der Waals surface area contributed by atoms with Crippen LogP contribution < -0.4 is 21.3 Å². The van der Waals surface area contributed by atoms with Crippen LogP contribution in [0.2, 0.25) is 0 Å². The van der Waals surface area contributed by atoms with Crippen molar-refractivity contribution in [1.82, 2.24) is 15.1 Å². The van der Waals surface area contributed by atoms with Gasteiger partial charge in [-0.2, -0.15) is 5.10 Å². The third kappa shape index (κ3) is 5.40. The van der Waals surface area contributed by atoms with Gasteiger partial charge in [0, 0.05) is 18.2 Å². The van der Waals surface area contributed by atoms with Crippen molar-refractivity contribution in [2.45, 2.75) is 45.8 Å². The number of nitrogens with two attached hydrogens (primary N) is 1. The number of nitrogens with zero attached hydrogens (tertiary/aromatic N) is 2. The first-order valence-corrected chi connectivity index (χ1v) is 6.67. The molecular weight excluding hydrogens is 260 g/mol. The Kier molecular flexibility index (Phi) is 6.17. The van der Waals surface area contributed by atoms with Gasteiger partial charge in [0.15, 0.2) is 0 Å². The van der Waals surface area contributed by atoms with Crippen LogP contribution in [0.1, 0.15) is 27.2 Å². The maximum Gasteiger partial charge on any atom is 0.270 e. The molecule has 0 aliphatic carbocycles. The second kappa shape index (κ2) is 7.64. The van der Waals surface area contributed by atoms with Gasteiger partial charge in [0.25, 0.3) is 5.56 Å². The highest BCUT2D eigenvalue weighted by Gasteiger charge is 2.09. The van der Waals surface area contributed by atoms with E-state index in [1.54, 1.807) is 6.92 Å². The van der Waals surface area contributed by atoms with E-state index in [9.17, 15) is 9.59 Å². The summed E-state index contributed by atoms with van der Waals surface area (Å²) in [6.45, 7) is 5.88. The van der Waals surface area contributed by atoms with Gasteiger partial charge in [-0.3, -0.25) is 9.59 Å². The molecule has 1 heterocycles. The third-order valence-electron chi connectivity index (χ3n) is 2.67. The number of carbonyl (C=O) groups excluding carboxylic acids is 1. The van der Waals surface area contributed by atoms with E-state index >= 15 is 0 Å². The number of hydrogen-bond acceptors (Lipinski definition) is 5. The smallest absolute Gasteiger partial charge is 0.270 e. The molecule has 1 aromatic rings. The molecule has 7 heteroatoms. The van der Waals surface area contributed by atoms with Crippen molar-refractivity contribution in [2.75, 3.05) is 6.61 Å². The van der Waals surface area contributed by atoms with Crippen molar-refractivity contribution < 1.29 is 9.53 Å². The molecule has 0 radical (unpaired) electrons. The summed E-state index contributed by atoms with van der Waals surface area (Å²) in [5.74, 6) is 0.115. The van der Waals surface area contributed by atoms with Crippen molar-refractivity contribution in [3.8, 4) is 5.75 Å². The Balaban J connectivity index is 2.64. The lowest BCUT2D eigenvalue weighted by Crippen LogP contribution is -2.37. The van der Waals surface area contributed by atoms with Crippen LogP contribution in [0.5, 0.6) is 5.75 Å². The number of amides is 1. The van der Waals surface area contributed by atoms with Gasteiger partial charge in [-0.25, -0.2) is 4.68 Å². The lowest BCUT2D eigenvalue weighted by Gasteiger charge is -2.12. The fraction of sp³-hybridized carbons (Fsp3) is 0.615. The summed E-state index contributed by atoms with van der Waals surface area (Å²) in [7, 11) is 0. The zero-order valence-electron chi connectivity index (χ0n) is 12.1. The highest BCUT2D eigenvalue weighted by Crippen LogP contribution is 2.03. The van der Waals surface area contributed by atoms with E-state index in [-0.39, 0.29) is 30.1 Å². The van der Waals surface area contributed by atoms with E-state index in [0.29, 0.717) is 12.4 Å². The number of ether oxygens (including phenoxy) is 1. The van der Waals surface area contributed by atoms with Crippen LogP contribution in [-0.4, -0.2) is 34.4 Å². The summed E-state index contributed by atoms with van der Waals surface area (Å²) in [4.78, 5) is 23.5. The van der Waals surface area contributed by atoms with E-state index in [0.717, 1.165) is 11.1 Å². The Morgan fingerprint density at radius 1 is 1.55 bits per heavy atom. The summed E-state index contributed by atoms with van der Waals surface area (Å²) >= 11 is 0. The predicted molar refractivity (Wildman–Crippen MR) is 75.5 cm³/mol. The average Bonchev–Trinajstić information content (AvgIpc) is 2.38. The first-order chi connectivity index (χ1) is 9.42. The van der Waals surface area contributed by atoms with Gasteiger partial charge in [-0.05, 0) is 20.3 Å². The number of hydrogen-bond donors (Lipinski definition) is 2. The maximum absolute atomic E-state index is 11.8. The molecule has 20 heavy (non-hydrogen) atoms. The Morgan fingerprint density at radius 3 is 2.80 bits per heavy atom. The minimum absolute atomic E-state index is 0.0758. The van der Waals surface area contributed by atoms with E-state index in [4.69, 9.17) is 10.5 Å². The lowest BCUT2D eigenvalue weighted by atomic mass is 10.2. The molecule has 0 fully saturated rings. The fourth-order valence-electron chi connectivity index (χ4n) is 1.40. The first-order valence-electron chi connectivity index (χ1n) is 6.67. The van der Waals surface area contributed by atoms with Crippen molar-refractivity contribution in [3.05, 3.63) is 22.6 Å². The molecular formula is C13H22N4O3. The van der Waals surface area contributed by atoms with E-state index in [1.807, 2.05) is 13.8 Å². The minimum Gasteiger partial charge on any atom is -0.490 e. The van der Waals surface area contributed by atoms with Crippen LogP contribution in [0.4, 0.5) is 0 Å². The summed E-state index contributed by atoms with van der Waals surface area (Å²) < 4.78 is 6.38. The summed E-state index contributed by atoms with van der Waals surface area (Å²) in [6.07, 6.45) is 2.23. The molecule has 1 aromatic heterocycles. The maximum atomic E-state index is 11.8. The summed E-state index contributed by atoms with van der Waals surface area (Å²) in [6, 6.07) is 1.25. The molecule has 0 saturated heterocycles. The molecule has 0 aliphatic heterocycles. The van der Waals surface area contributed by atoms with Gasteiger partial charge < -0.3 is 15.8 Å². The standard InChI is InChI=1S/C13H22N4O3/c1-4-10(3)16-12(18)7-17-13(19)5-11(6-15-17)20-8-9(2)14/h5-6,9-10H,4,7-8,14H2,1-3H3,(H,16,18). The summed E-state index contributed by atoms with van der Waals surface area (Å²) in [5.41, 5.74) is 5.17.